The maximum absolute atomic E-state index is 11.5. The molecule has 0 aliphatic carbocycles. The third-order valence-electron chi connectivity index (χ3n) is 4.73. The zero-order chi connectivity index (χ0) is 21.9. The zero-order valence-electron chi connectivity index (χ0n) is 17.6. The minimum absolute atomic E-state index is 0.258. The summed E-state index contributed by atoms with van der Waals surface area (Å²) in [5.74, 6) is 1.66. The second-order valence-electron chi connectivity index (χ2n) is 8.10. The maximum Gasteiger partial charge on any atom is 0.412 e. The smallest absolute Gasteiger partial charge is 0.412 e. The summed E-state index contributed by atoms with van der Waals surface area (Å²) in [6.07, 6.45) is 1.82. The number of hydrogen-bond donors (Lipinski definition) is 2. The van der Waals surface area contributed by atoms with Crippen molar-refractivity contribution in [1.82, 2.24) is 4.98 Å². The van der Waals surface area contributed by atoms with Gasteiger partial charge in [-0.25, -0.2) is 9.78 Å². The number of hydrogen-bond acceptors (Lipinski definition) is 7. The molecule has 0 fully saturated rings. The number of benzene rings is 1. The first kappa shape index (κ1) is 21.4. The summed E-state index contributed by atoms with van der Waals surface area (Å²) in [5, 5.41) is 12.3. The molecule has 0 radical (unpaired) electrons. The molecule has 0 saturated heterocycles. The molecule has 0 bridgehead atoms. The summed E-state index contributed by atoms with van der Waals surface area (Å²) in [7, 11) is 1.28. The molecule has 0 saturated carbocycles. The molecule has 1 aromatic heterocycles. The molecule has 1 aliphatic heterocycles. The van der Waals surface area contributed by atoms with Crippen molar-refractivity contribution in [2.45, 2.75) is 39.3 Å². The molecular weight excluding hydrogens is 384 g/mol. The number of aromatic nitrogens is 1. The highest BCUT2D eigenvalue weighted by atomic mass is 16.5. The van der Waals surface area contributed by atoms with Crippen LogP contribution in [-0.2, 0) is 11.3 Å². The van der Waals surface area contributed by atoms with Crippen molar-refractivity contribution in [1.29, 1.82) is 5.26 Å². The van der Waals surface area contributed by atoms with E-state index in [4.69, 9.17) is 15.2 Å². The fourth-order valence-corrected chi connectivity index (χ4v) is 3.61. The van der Waals surface area contributed by atoms with Crippen LogP contribution in [0.4, 0.5) is 10.6 Å². The lowest BCUT2D eigenvalue weighted by molar-refractivity contribution is 0.187. The number of carbonyl (C=O) groups excluding carboxylic acids is 1. The van der Waals surface area contributed by atoms with Gasteiger partial charge in [0.2, 0.25) is 0 Å². The molecular formula is C22H26N4O4. The lowest BCUT2D eigenvalue weighted by Gasteiger charge is -2.28. The van der Waals surface area contributed by atoms with E-state index in [2.05, 4.69) is 35.0 Å². The van der Waals surface area contributed by atoms with E-state index in [0.717, 1.165) is 23.1 Å². The molecule has 1 aromatic carbocycles. The molecule has 1 atom stereocenters. The number of nitriles is 1. The van der Waals surface area contributed by atoms with Gasteiger partial charge in [-0.05, 0) is 43.0 Å². The van der Waals surface area contributed by atoms with E-state index in [1.54, 1.807) is 18.3 Å². The lowest BCUT2D eigenvalue weighted by atomic mass is 9.92. The Labute approximate surface area is 176 Å². The van der Waals surface area contributed by atoms with Gasteiger partial charge in [0.25, 0.3) is 0 Å². The van der Waals surface area contributed by atoms with Crippen LogP contribution < -0.4 is 20.5 Å². The molecule has 158 valence electrons. The van der Waals surface area contributed by atoms with Crippen LogP contribution in [0.1, 0.15) is 38.3 Å². The van der Waals surface area contributed by atoms with E-state index in [1.165, 1.54) is 7.11 Å². The number of fused-ring (bicyclic) bond motifs is 3. The van der Waals surface area contributed by atoms with E-state index in [1.807, 2.05) is 13.0 Å². The standard InChI is InChI=1S/C22H26N4O4/c1-13(2)8-22(3,24)12-30-18-6-5-15-16-7-19(26-21(27)28-4)25-10-14(16)11-29-20(15)17(18)9-23/h5-7,10,13H,8,11-12,24H2,1-4H3,(H,25,26,27)/t22-/m0/s1. The van der Waals surface area contributed by atoms with Crippen LogP contribution in [0.3, 0.4) is 0 Å². The highest BCUT2D eigenvalue weighted by Crippen LogP contribution is 2.43. The molecule has 3 rings (SSSR count). The topological polar surface area (TPSA) is 119 Å². The van der Waals surface area contributed by atoms with Crippen LogP contribution in [0.2, 0.25) is 0 Å². The van der Waals surface area contributed by atoms with Crippen molar-refractivity contribution in [2.24, 2.45) is 11.7 Å². The van der Waals surface area contributed by atoms with Crippen molar-refractivity contribution in [2.75, 3.05) is 19.0 Å². The van der Waals surface area contributed by atoms with E-state index in [-0.39, 0.29) is 13.2 Å². The molecule has 2 aromatic rings. The molecule has 8 heteroatoms. The SMILES string of the molecule is COC(=O)Nc1cc2c(cn1)COc1c-2ccc(OC[C@@](C)(N)CC(C)C)c1C#N. The lowest BCUT2D eigenvalue weighted by Crippen LogP contribution is -2.43. The fourth-order valence-electron chi connectivity index (χ4n) is 3.61. The van der Waals surface area contributed by atoms with Crippen molar-refractivity contribution in [3.8, 4) is 28.7 Å². The fraction of sp³-hybridized carbons (Fsp3) is 0.409. The second kappa shape index (κ2) is 8.59. The van der Waals surface area contributed by atoms with Crippen LogP contribution >= 0.6 is 0 Å². The molecule has 0 spiro atoms. The van der Waals surface area contributed by atoms with Crippen LogP contribution in [0, 0.1) is 17.2 Å². The van der Waals surface area contributed by atoms with Gasteiger partial charge in [-0.2, -0.15) is 5.26 Å². The van der Waals surface area contributed by atoms with Gasteiger partial charge in [-0.15, -0.1) is 0 Å². The number of amides is 1. The Kier molecular flexibility index (Phi) is 6.13. The maximum atomic E-state index is 11.5. The summed E-state index contributed by atoms with van der Waals surface area (Å²) in [6, 6.07) is 7.50. The summed E-state index contributed by atoms with van der Waals surface area (Å²) in [4.78, 5) is 15.7. The highest BCUT2D eigenvalue weighted by molar-refractivity contribution is 5.86. The van der Waals surface area contributed by atoms with E-state index in [9.17, 15) is 10.1 Å². The van der Waals surface area contributed by atoms with Crippen molar-refractivity contribution in [3.05, 3.63) is 35.5 Å². The first-order valence-corrected chi connectivity index (χ1v) is 9.70. The van der Waals surface area contributed by atoms with E-state index >= 15 is 0 Å². The van der Waals surface area contributed by atoms with Crippen LogP contribution in [0.5, 0.6) is 11.5 Å². The van der Waals surface area contributed by atoms with Crippen LogP contribution in [0.25, 0.3) is 11.1 Å². The van der Waals surface area contributed by atoms with Gasteiger partial charge in [-0.1, -0.05) is 13.8 Å². The molecule has 30 heavy (non-hydrogen) atoms. The summed E-state index contributed by atoms with van der Waals surface area (Å²) in [5.41, 5.74) is 8.55. The van der Waals surface area contributed by atoms with Gasteiger partial charge in [-0.3, -0.25) is 5.32 Å². The number of carbonyl (C=O) groups is 1. The predicted octanol–water partition coefficient (Wildman–Crippen LogP) is 3.83. The minimum atomic E-state index is -0.609. The Balaban J connectivity index is 1.92. The van der Waals surface area contributed by atoms with Gasteiger partial charge >= 0.3 is 6.09 Å². The number of pyridine rings is 1. The van der Waals surface area contributed by atoms with E-state index in [0.29, 0.717) is 28.8 Å². The van der Waals surface area contributed by atoms with Gasteiger partial charge in [0.15, 0.2) is 0 Å². The molecule has 1 aliphatic rings. The zero-order valence-corrected chi connectivity index (χ0v) is 17.6. The molecule has 0 unspecified atom stereocenters. The van der Waals surface area contributed by atoms with Gasteiger partial charge < -0.3 is 19.9 Å². The number of nitrogens with two attached hydrogens (primary N) is 1. The van der Waals surface area contributed by atoms with Crippen LogP contribution in [-0.4, -0.2) is 30.3 Å². The average molecular weight is 410 g/mol. The number of ether oxygens (including phenoxy) is 3. The highest BCUT2D eigenvalue weighted by Gasteiger charge is 2.26. The Hall–Kier alpha value is -3.31. The van der Waals surface area contributed by atoms with Crippen molar-refractivity contribution >= 4 is 11.9 Å². The Morgan fingerprint density at radius 3 is 2.87 bits per heavy atom. The molecule has 1 amide bonds. The predicted molar refractivity (Wildman–Crippen MR) is 112 cm³/mol. The summed E-state index contributed by atoms with van der Waals surface area (Å²) < 4.78 is 16.4. The second-order valence-corrected chi connectivity index (χ2v) is 8.10. The number of nitrogens with one attached hydrogen (secondary N) is 1. The molecule has 8 nitrogen and oxygen atoms in total. The quantitative estimate of drug-likeness (QED) is 0.742. The third-order valence-corrected chi connectivity index (χ3v) is 4.73. The largest absolute Gasteiger partial charge is 0.490 e. The Bertz CT molecular complexity index is 995. The number of anilines is 1. The average Bonchev–Trinajstić information content (AvgIpc) is 2.70. The van der Waals surface area contributed by atoms with Crippen molar-refractivity contribution in [3.63, 3.8) is 0 Å². The summed E-state index contributed by atoms with van der Waals surface area (Å²) in [6.45, 7) is 6.69. The molecule has 2 heterocycles. The molecule has 3 N–H and O–H groups in total. The minimum Gasteiger partial charge on any atom is -0.490 e. The number of rotatable bonds is 6. The van der Waals surface area contributed by atoms with Gasteiger partial charge in [0.05, 0.1) is 7.11 Å². The Morgan fingerprint density at radius 2 is 2.20 bits per heavy atom. The normalized spacial score (nSPS) is 13.9. The monoisotopic (exact) mass is 410 g/mol. The van der Waals surface area contributed by atoms with Gasteiger partial charge in [0.1, 0.15) is 42.2 Å². The summed E-state index contributed by atoms with van der Waals surface area (Å²) >= 11 is 0. The van der Waals surface area contributed by atoms with Crippen molar-refractivity contribution < 1.29 is 19.0 Å². The first-order valence-electron chi connectivity index (χ1n) is 9.70. The van der Waals surface area contributed by atoms with Gasteiger partial charge in [0, 0.05) is 22.9 Å². The Morgan fingerprint density at radius 1 is 1.43 bits per heavy atom. The first-order chi connectivity index (χ1) is 14.2. The number of methoxy groups -OCH3 is 1. The van der Waals surface area contributed by atoms with Crippen LogP contribution in [0.15, 0.2) is 24.4 Å². The third kappa shape index (κ3) is 4.63. The number of nitrogens with zero attached hydrogens (tertiary/aromatic N) is 2. The van der Waals surface area contributed by atoms with E-state index < -0.39 is 11.6 Å².